The number of carbonyl (C=O) groups is 2. The summed E-state index contributed by atoms with van der Waals surface area (Å²) in [4.78, 5) is 37.8. The maximum absolute atomic E-state index is 12.8. The number of hydrogen-bond donors (Lipinski definition) is 0. The standard InChI is InChI=1S/C36H68N5O8P/c1-6-8-10-12-14-16-18-24-35(37-38-35)26-20-22-33(42)46-30-32(31-48-50(44,45)47-29-28-41(3,4)5)49-34(43)23-21-27-36(39-40-36)25-19-17-15-13-11-9-7-2/h32H,6-31H2,1-5H3. The third kappa shape index (κ3) is 22.2. The van der Waals surface area contributed by atoms with Crippen LogP contribution in [-0.4, -0.2) is 81.4 Å². The molecule has 13 nitrogen and oxygen atoms in total. The summed E-state index contributed by atoms with van der Waals surface area (Å²) in [6, 6.07) is 0. The molecule has 0 fully saturated rings. The Hall–Kier alpha value is -1.79. The number of phosphoric acid groups is 1. The average molecular weight is 730 g/mol. The summed E-state index contributed by atoms with van der Waals surface area (Å²) in [5.41, 5.74) is -0.738. The summed E-state index contributed by atoms with van der Waals surface area (Å²) in [5.74, 6) is -0.996. The van der Waals surface area contributed by atoms with Gasteiger partial charge in [-0.3, -0.25) is 14.2 Å². The molecule has 0 radical (unpaired) electrons. The van der Waals surface area contributed by atoms with Crippen LogP contribution in [0.2, 0.25) is 0 Å². The number of ether oxygens (including phenoxy) is 2. The van der Waals surface area contributed by atoms with E-state index in [1.165, 1.54) is 70.6 Å². The number of carbonyl (C=O) groups excluding carboxylic acids is 2. The first-order valence-electron chi connectivity index (χ1n) is 19.5. The summed E-state index contributed by atoms with van der Waals surface area (Å²) >= 11 is 0. The van der Waals surface area contributed by atoms with E-state index >= 15 is 0 Å². The Balaban J connectivity index is 1.74. The van der Waals surface area contributed by atoms with E-state index in [0.29, 0.717) is 36.7 Å². The Labute approximate surface area is 301 Å². The highest BCUT2D eigenvalue weighted by Gasteiger charge is 2.39. The lowest BCUT2D eigenvalue weighted by atomic mass is 9.98. The van der Waals surface area contributed by atoms with Crippen molar-refractivity contribution < 1.29 is 42.1 Å². The monoisotopic (exact) mass is 729 g/mol. The van der Waals surface area contributed by atoms with Crippen LogP contribution in [0.4, 0.5) is 0 Å². The van der Waals surface area contributed by atoms with Crippen molar-refractivity contribution in [2.24, 2.45) is 20.5 Å². The third-order valence-electron chi connectivity index (χ3n) is 9.20. The largest absolute Gasteiger partial charge is 0.756 e. The van der Waals surface area contributed by atoms with E-state index in [-0.39, 0.29) is 37.4 Å². The van der Waals surface area contributed by atoms with Gasteiger partial charge in [0.1, 0.15) is 19.8 Å². The van der Waals surface area contributed by atoms with E-state index in [1.807, 2.05) is 21.1 Å². The van der Waals surface area contributed by atoms with Gasteiger partial charge in [-0.2, -0.15) is 20.5 Å². The van der Waals surface area contributed by atoms with Gasteiger partial charge in [0, 0.05) is 12.8 Å². The van der Waals surface area contributed by atoms with Crippen LogP contribution in [0.1, 0.15) is 155 Å². The zero-order chi connectivity index (χ0) is 36.8. The normalized spacial score (nSPS) is 17.3. The van der Waals surface area contributed by atoms with Gasteiger partial charge in [-0.1, -0.05) is 90.9 Å². The molecule has 2 unspecified atom stereocenters. The molecule has 0 saturated carbocycles. The molecule has 50 heavy (non-hydrogen) atoms. The number of likely N-dealkylation sites (N-methyl/N-ethyl adjacent to an activating group) is 1. The SMILES string of the molecule is CCCCCCCCCC1(CCCC(=O)OCC(COP(=O)([O-])OCC[N+](C)(C)C)OC(=O)CCCC2(CCCCCCCCC)N=N2)N=N1. The molecule has 0 aromatic carbocycles. The van der Waals surface area contributed by atoms with E-state index < -0.39 is 32.5 Å². The summed E-state index contributed by atoms with van der Waals surface area (Å²) in [6.45, 7) is 3.98. The van der Waals surface area contributed by atoms with Crippen molar-refractivity contribution in [3.63, 3.8) is 0 Å². The van der Waals surface area contributed by atoms with Crippen LogP contribution in [0, 0.1) is 0 Å². The second kappa shape index (κ2) is 23.7. The molecule has 0 N–H and O–H groups in total. The van der Waals surface area contributed by atoms with Gasteiger partial charge < -0.3 is 27.9 Å². The van der Waals surface area contributed by atoms with Crippen molar-refractivity contribution in [2.75, 3.05) is 47.5 Å². The summed E-state index contributed by atoms with van der Waals surface area (Å²) < 4.78 is 33.9. The smallest absolute Gasteiger partial charge is 0.306 e. The van der Waals surface area contributed by atoms with Crippen LogP contribution >= 0.6 is 7.82 Å². The number of rotatable bonds is 34. The first kappa shape index (κ1) is 44.4. The van der Waals surface area contributed by atoms with Crippen LogP contribution in [0.25, 0.3) is 0 Å². The molecule has 0 aliphatic carbocycles. The third-order valence-corrected chi connectivity index (χ3v) is 10.2. The maximum Gasteiger partial charge on any atom is 0.306 e. The number of nitrogens with zero attached hydrogens (tertiary/aromatic N) is 5. The van der Waals surface area contributed by atoms with E-state index in [9.17, 15) is 19.0 Å². The van der Waals surface area contributed by atoms with Crippen LogP contribution in [0.15, 0.2) is 20.5 Å². The lowest BCUT2D eigenvalue weighted by Crippen LogP contribution is -2.37. The highest BCUT2D eigenvalue weighted by Crippen LogP contribution is 2.40. The van der Waals surface area contributed by atoms with Gasteiger partial charge in [0.25, 0.3) is 7.82 Å². The van der Waals surface area contributed by atoms with Gasteiger partial charge in [-0.15, -0.1) is 0 Å². The summed E-state index contributed by atoms with van der Waals surface area (Å²) in [6.07, 6.45) is 20.5. The maximum atomic E-state index is 12.8. The highest BCUT2D eigenvalue weighted by atomic mass is 31.2. The van der Waals surface area contributed by atoms with E-state index in [2.05, 4.69) is 34.3 Å². The Morgan fingerprint density at radius 1 is 0.640 bits per heavy atom. The predicted molar refractivity (Wildman–Crippen MR) is 191 cm³/mol. The molecule has 2 atom stereocenters. The molecule has 0 aromatic heterocycles. The Kier molecular flexibility index (Phi) is 21.0. The summed E-state index contributed by atoms with van der Waals surface area (Å²) in [5, 5.41) is 17.0. The Morgan fingerprint density at radius 2 is 1.08 bits per heavy atom. The molecule has 0 aromatic rings. The predicted octanol–water partition coefficient (Wildman–Crippen LogP) is 8.60. The fourth-order valence-corrected chi connectivity index (χ4v) is 6.54. The van der Waals surface area contributed by atoms with Gasteiger partial charge >= 0.3 is 11.9 Å². The number of esters is 2. The first-order valence-corrected chi connectivity index (χ1v) is 20.9. The molecule has 0 spiro atoms. The lowest BCUT2D eigenvalue weighted by molar-refractivity contribution is -0.870. The molecule has 0 bridgehead atoms. The van der Waals surface area contributed by atoms with Gasteiger partial charge in [0.2, 0.25) is 0 Å². The second-order valence-corrected chi connectivity index (χ2v) is 16.6. The van der Waals surface area contributed by atoms with Crippen molar-refractivity contribution in [1.82, 2.24) is 0 Å². The number of unbranched alkanes of at least 4 members (excludes halogenated alkanes) is 12. The minimum atomic E-state index is -4.67. The Morgan fingerprint density at radius 3 is 1.54 bits per heavy atom. The van der Waals surface area contributed by atoms with Crippen molar-refractivity contribution in [3.8, 4) is 0 Å². The van der Waals surface area contributed by atoms with Gasteiger partial charge in [-0.25, -0.2) is 0 Å². The molecule has 0 amide bonds. The topological polar surface area (TPSA) is 161 Å². The number of quaternary nitrogens is 1. The molecule has 0 saturated heterocycles. The molecule has 2 aliphatic heterocycles. The van der Waals surface area contributed by atoms with E-state index in [4.69, 9.17) is 18.5 Å². The summed E-state index contributed by atoms with van der Waals surface area (Å²) in [7, 11) is 1.07. The highest BCUT2D eigenvalue weighted by molar-refractivity contribution is 7.45. The van der Waals surface area contributed by atoms with Crippen molar-refractivity contribution in [2.45, 2.75) is 173 Å². The molecule has 2 aliphatic rings. The molecule has 14 heteroatoms. The average Bonchev–Trinajstić information content (AvgIpc) is 3.99. The van der Waals surface area contributed by atoms with E-state index in [1.54, 1.807) is 0 Å². The van der Waals surface area contributed by atoms with Gasteiger partial charge in [-0.05, 0) is 51.4 Å². The molecule has 2 rings (SSSR count). The van der Waals surface area contributed by atoms with Gasteiger partial charge in [0.05, 0.1) is 27.7 Å². The van der Waals surface area contributed by atoms with Gasteiger partial charge in [0.15, 0.2) is 17.4 Å². The molecule has 2 heterocycles. The fraction of sp³-hybridized carbons (Fsp3) is 0.944. The van der Waals surface area contributed by atoms with Crippen molar-refractivity contribution >= 4 is 19.8 Å². The Bertz CT molecular complexity index is 1070. The van der Waals surface area contributed by atoms with Crippen LogP contribution in [0.3, 0.4) is 0 Å². The molecular weight excluding hydrogens is 661 g/mol. The fourth-order valence-electron chi connectivity index (χ4n) is 5.81. The van der Waals surface area contributed by atoms with Crippen LogP contribution in [-0.2, 0) is 32.7 Å². The molecule has 290 valence electrons. The van der Waals surface area contributed by atoms with Crippen LogP contribution < -0.4 is 4.89 Å². The van der Waals surface area contributed by atoms with Crippen LogP contribution in [0.5, 0.6) is 0 Å². The van der Waals surface area contributed by atoms with Crippen molar-refractivity contribution in [3.05, 3.63) is 0 Å². The zero-order valence-corrected chi connectivity index (χ0v) is 32.8. The quantitative estimate of drug-likeness (QED) is 0.0275. The first-order chi connectivity index (χ1) is 23.8. The minimum Gasteiger partial charge on any atom is -0.756 e. The minimum absolute atomic E-state index is 0.0561. The number of phosphoric ester groups is 1. The lowest BCUT2D eigenvalue weighted by Gasteiger charge is -2.28. The number of hydrogen-bond acceptors (Lipinski definition) is 12. The molecular formula is C36H68N5O8P. The zero-order valence-electron chi connectivity index (χ0n) is 31.9. The van der Waals surface area contributed by atoms with E-state index in [0.717, 1.165) is 32.1 Å². The second-order valence-electron chi connectivity index (χ2n) is 15.2. The van der Waals surface area contributed by atoms with Crippen molar-refractivity contribution in [1.29, 1.82) is 0 Å².